The Bertz CT molecular complexity index is 736. The smallest absolute Gasteiger partial charge is 0.0948 e. The number of nitrogens with one attached hydrogen (secondary N) is 1. The third-order valence-electron chi connectivity index (χ3n) is 3.34. The SMILES string of the molecule is Cn1nccc1CCNc1ccc(Cl)c2cccnc12. The van der Waals surface area contributed by atoms with Crippen LogP contribution in [0.25, 0.3) is 10.9 Å². The molecule has 2 heterocycles. The van der Waals surface area contributed by atoms with Crippen LogP contribution in [-0.4, -0.2) is 21.3 Å². The summed E-state index contributed by atoms with van der Waals surface area (Å²) >= 11 is 6.19. The normalized spacial score (nSPS) is 10.9. The van der Waals surface area contributed by atoms with Crippen molar-refractivity contribution in [2.45, 2.75) is 6.42 Å². The van der Waals surface area contributed by atoms with Crippen LogP contribution in [0, 0.1) is 0 Å². The van der Waals surface area contributed by atoms with Crippen LogP contribution >= 0.6 is 11.6 Å². The van der Waals surface area contributed by atoms with Crippen molar-refractivity contribution in [3.8, 4) is 0 Å². The molecule has 0 fully saturated rings. The highest BCUT2D eigenvalue weighted by atomic mass is 35.5. The Morgan fingerprint density at radius 1 is 1.20 bits per heavy atom. The second-order valence-corrected chi connectivity index (χ2v) is 5.02. The molecule has 0 radical (unpaired) electrons. The first-order valence-electron chi connectivity index (χ1n) is 6.49. The van der Waals surface area contributed by atoms with Gasteiger partial charge in [-0.2, -0.15) is 5.10 Å². The monoisotopic (exact) mass is 286 g/mol. The van der Waals surface area contributed by atoms with E-state index in [9.17, 15) is 0 Å². The van der Waals surface area contributed by atoms with Gasteiger partial charge in [0.25, 0.3) is 0 Å². The number of pyridine rings is 1. The minimum absolute atomic E-state index is 0.727. The molecule has 0 bridgehead atoms. The van der Waals surface area contributed by atoms with Crippen LogP contribution in [-0.2, 0) is 13.5 Å². The number of nitrogens with zero attached hydrogens (tertiary/aromatic N) is 3. The molecule has 0 spiro atoms. The van der Waals surface area contributed by atoms with E-state index in [0.717, 1.165) is 34.6 Å². The highest BCUT2D eigenvalue weighted by Gasteiger charge is 2.05. The van der Waals surface area contributed by atoms with Gasteiger partial charge >= 0.3 is 0 Å². The van der Waals surface area contributed by atoms with Crippen molar-refractivity contribution in [3.05, 3.63) is 53.4 Å². The molecule has 1 aromatic carbocycles. The molecule has 1 N–H and O–H groups in total. The molecule has 4 nitrogen and oxygen atoms in total. The third kappa shape index (κ3) is 2.47. The van der Waals surface area contributed by atoms with E-state index in [1.165, 1.54) is 5.69 Å². The summed E-state index contributed by atoms with van der Waals surface area (Å²) in [5.41, 5.74) is 3.11. The standard InChI is InChI=1S/C15H15ClN4/c1-20-11(7-10-19-20)6-9-17-14-5-4-13(16)12-3-2-8-18-15(12)14/h2-5,7-8,10,17H,6,9H2,1H3. The third-order valence-corrected chi connectivity index (χ3v) is 3.67. The number of hydrogen-bond donors (Lipinski definition) is 1. The molecule has 5 heteroatoms. The highest BCUT2D eigenvalue weighted by Crippen LogP contribution is 2.27. The number of fused-ring (bicyclic) bond motifs is 1. The van der Waals surface area contributed by atoms with Crippen LogP contribution in [0.2, 0.25) is 5.02 Å². The lowest BCUT2D eigenvalue weighted by Gasteiger charge is -2.10. The van der Waals surface area contributed by atoms with E-state index in [1.807, 2.05) is 48.3 Å². The van der Waals surface area contributed by atoms with Crippen molar-refractivity contribution in [1.29, 1.82) is 0 Å². The largest absolute Gasteiger partial charge is 0.383 e. The van der Waals surface area contributed by atoms with E-state index in [1.54, 1.807) is 6.20 Å². The molecule has 0 unspecified atom stereocenters. The molecule has 20 heavy (non-hydrogen) atoms. The van der Waals surface area contributed by atoms with E-state index in [-0.39, 0.29) is 0 Å². The quantitative estimate of drug-likeness (QED) is 0.800. The Balaban J connectivity index is 1.78. The molecule has 102 valence electrons. The van der Waals surface area contributed by atoms with Crippen LogP contribution in [0.1, 0.15) is 5.69 Å². The Morgan fingerprint density at radius 3 is 2.90 bits per heavy atom. The lowest BCUT2D eigenvalue weighted by molar-refractivity contribution is 0.711. The number of halogens is 1. The van der Waals surface area contributed by atoms with Crippen molar-refractivity contribution < 1.29 is 0 Å². The zero-order chi connectivity index (χ0) is 13.9. The maximum absolute atomic E-state index is 6.19. The summed E-state index contributed by atoms with van der Waals surface area (Å²) in [7, 11) is 1.95. The van der Waals surface area contributed by atoms with E-state index in [0.29, 0.717) is 0 Å². The number of aryl methyl sites for hydroxylation is 1. The van der Waals surface area contributed by atoms with Gasteiger partial charge in [0.1, 0.15) is 0 Å². The molecular formula is C15H15ClN4. The maximum atomic E-state index is 6.19. The number of rotatable bonds is 4. The first-order valence-corrected chi connectivity index (χ1v) is 6.87. The lowest BCUT2D eigenvalue weighted by atomic mass is 10.2. The fraction of sp³-hybridized carbons (Fsp3) is 0.200. The Hall–Kier alpha value is -2.07. The van der Waals surface area contributed by atoms with E-state index < -0.39 is 0 Å². The minimum atomic E-state index is 0.727. The molecule has 3 aromatic rings. The van der Waals surface area contributed by atoms with Crippen LogP contribution in [0.5, 0.6) is 0 Å². The van der Waals surface area contributed by atoms with Gasteiger partial charge in [-0.3, -0.25) is 9.67 Å². The summed E-state index contributed by atoms with van der Waals surface area (Å²) < 4.78 is 1.89. The van der Waals surface area contributed by atoms with Gasteiger partial charge in [-0.1, -0.05) is 11.6 Å². The predicted octanol–water partition coefficient (Wildman–Crippen LogP) is 3.28. The van der Waals surface area contributed by atoms with Gasteiger partial charge in [0.15, 0.2) is 0 Å². The highest BCUT2D eigenvalue weighted by molar-refractivity contribution is 6.35. The summed E-state index contributed by atoms with van der Waals surface area (Å²) in [6.45, 7) is 0.826. The van der Waals surface area contributed by atoms with Crippen molar-refractivity contribution in [2.75, 3.05) is 11.9 Å². The van der Waals surface area contributed by atoms with E-state index in [2.05, 4.69) is 15.4 Å². The zero-order valence-electron chi connectivity index (χ0n) is 11.2. The van der Waals surface area contributed by atoms with Crippen molar-refractivity contribution in [3.63, 3.8) is 0 Å². The average Bonchev–Trinajstić information content (AvgIpc) is 2.87. The second kappa shape index (κ2) is 5.51. The number of hydrogen-bond acceptors (Lipinski definition) is 3. The van der Waals surface area contributed by atoms with Gasteiger partial charge in [0.2, 0.25) is 0 Å². The van der Waals surface area contributed by atoms with Crippen LogP contribution in [0.4, 0.5) is 5.69 Å². The lowest BCUT2D eigenvalue weighted by Crippen LogP contribution is -2.08. The summed E-state index contributed by atoms with van der Waals surface area (Å²) in [6.07, 6.45) is 4.51. The van der Waals surface area contributed by atoms with Crippen LogP contribution in [0.3, 0.4) is 0 Å². The Morgan fingerprint density at radius 2 is 2.10 bits per heavy atom. The summed E-state index contributed by atoms with van der Waals surface area (Å²) in [5, 5.41) is 9.28. The molecule has 0 atom stereocenters. The molecule has 0 aliphatic heterocycles. The van der Waals surface area contributed by atoms with Gasteiger partial charge in [0, 0.05) is 43.5 Å². The summed E-state index contributed by atoms with van der Waals surface area (Å²) in [6, 6.07) is 9.78. The van der Waals surface area contributed by atoms with Crippen LogP contribution in [0.15, 0.2) is 42.7 Å². The number of aromatic nitrogens is 3. The van der Waals surface area contributed by atoms with Gasteiger partial charge in [0.05, 0.1) is 16.2 Å². The van der Waals surface area contributed by atoms with Crippen molar-refractivity contribution >= 4 is 28.2 Å². The number of benzene rings is 1. The summed E-state index contributed by atoms with van der Waals surface area (Å²) in [5.74, 6) is 0. The number of anilines is 1. The first kappa shape index (κ1) is 12.9. The van der Waals surface area contributed by atoms with Gasteiger partial charge < -0.3 is 5.32 Å². The minimum Gasteiger partial charge on any atom is -0.383 e. The molecule has 0 saturated carbocycles. The zero-order valence-corrected chi connectivity index (χ0v) is 11.9. The topological polar surface area (TPSA) is 42.7 Å². The van der Waals surface area contributed by atoms with Crippen LogP contribution < -0.4 is 5.32 Å². The Labute approximate surface area is 122 Å². The Kier molecular flexibility index (Phi) is 3.56. The molecule has 0 amide bonds. The predicted molar refractivity (Wildman–Crippen MR) is 82.2 cm³/mol. The molecule has 0 aliphatic rings. The molecular weight excluding hydrogens is 272 g/mol. The van der Waals surface area contributed by atoms with E-state index in [4.69, 9.17) is 11.6 Å². The fourth-order valence-corrected chi connectivity index (χ4v) is 2.47. The second-order valence-electron chi connectivity index (χ2n) is 4.62. The maximum Gasteiger partial charge on any atom is 0.0948 e. The molecule has 2 aromatic heterocycles. The van der Waals surface area contributed by atoms with E-state index >= 15 is 0 Å². The molecule has 0 saturated heterocycles. The first-order chi connectivity index (χ1) is 9.75. The van der Waals surface area contributed by atoms with Gasteiger partial charge in [-0.05, 0) is 30.3 Å². The average molecular weight is 287 g/mol. The van der Waals surface area contributed by atoms with Gasteiger partial charge in [-0.15, -0.1) is 0 Å². The fourth-order valence-electron chi connectivity index (χ4n) is 2.25. The summed E-state index contributed by atoms with van der Waals surface area (Å²) in [4.78, 5) is 4.41. The van der Waals surface area contributed by atoms with Crippen molar-refractivity contribution in [2.24, 2.45) is 7.05 Å². The van der Waals surface area contributed by atoms with Gasteiger partial charge in [-0.25, -0.2) is 0 Å². The molecule has 3 rings (SSSR count). The van der Waals surface area contributed by atoms with Crippen molar-refractivity contribution in [1.82, 2.24) is 14.8 Å². The molecule has 0 aliphatic carbocycles.